The maximum atomic E-state index is 12.3. The van der Waals surface area contributed by atoms with Crippen LogP contribution in [-0.4, -0.2) is 65.0 Å². The minimum atomic E-state index is -1.03. The fourth-order valence-corrected chi connectivity index (χ4v) is 5.31. The zero-order valence-electron chi connectivity index (χ0n) is 29.7. The average molecular weight is 673 g/mol. The van der Waals surface area contributed by atoms with Crippen molar-refractivity contribution in [2.45, 2.75) is 109 Å². The van der Waals surface area contributed by atoms with Crippen LogP contribution in [0.1, 0.15) is 108 Å². The van der Waals surface area contributed by atoms with Crippen molar-refractivity contribution in [1.82, 2.24) is 20.5 Å². The smallest absolute Gasteiger partial charge is 0.326 e. The monoisotopic (exact) mass is 672 g/mol. The van der Waals surface area contributed by atoms with E-state index in [1.165, 1.54) is 25.9 Å². The molecule has 1 aromatic heterocycles. The van der Waals surface area contributed by atoms with Gasteiger partial charge in [0.25, 0.3) is 0 Å². The summed E-state index contributed by atoms with van der Waals surface area (Å²) in [5.74, 6) is -1.36. The number of carboxylic acids is 1. The van der Waals surface area contributed by atoms with E-state index in [4.69, 9.17) is 0 Å². The summed E-state index contributed by atoms with van der Waals surface area (Å²) in [6.07, 6.45) is 39.0. The number of hydrogen-bond acceptors (Lipinski definition) is 5. The summed E-state index contributed by atoms with van der Waals surface area (Å²) in [7, 11) is 0. The van der Waals surface area contributed by atoms with Crippen LogP contribution in [0, 0.1) is 0 Å². The molecule has 0 spiro atoms. The number of unbranched alkanes of at least 4 members (excludes halogenated alkanes) is 2. The van der Waals surface area contributed by atoms with Crippen LogP contribution in [-0.2, 0) is 20.8 Å². The molecule has 0 aromatic carbocycles. The molecule has 1 unspecified atom stereocenters. The van der Waals surface area contributed by atoms with Crippen LogP contribution in [0.25, 0.3) is 6.08 Å². The fraction of sp³-hybridized carbons (Fsp3) is 0.512. The van der Waals surface area contributed by atoms with E-state index < -0.39 is 12.0 Å². The minimum Gasteiger partial charge on any atom is -0.480 e. The number of carbonyl (C=O) groups excluding carboxylic acids is 2. The minimum absolute atomic E-state index is 0.0814. The van der Waals surface area contributed by atoms with Crippen molar-refractivity contribution in [3.05, 3.63) is 96.4 Å². The summed E-state index contributed by atoms with van der Waals surface area (Å²) >= 11 is 0. The van der Waals surface area contributed by atoms with E-state index in [1.54, 1.807) is 0 Å². The van der Waals surface area contributed by atoms with Crippen molar-refractivity contribution in [2.75, 3.05) is 26.2 Å². The number of allylic oxidation sites excluding steroid dienone is 10. The lowest BCUT2D eigenvalue weighted by Crippen LogP contribution is -2.40. The van der Waals surface area contributed by atoms with Gasteiger partial charge in [-0.2, -0.15) is 0 Å². The molecule has 268 valence electrons. The van der Waals surface area contributed by atoms with Gasteiger partial charge in [0.15, 0.2) is 0 Å². The van der Waals surface area contributed by atoms with Gasteiger partial charge in [-0.15, -0.1) is 0 Å². The summed E-state index contributed by atoms with van der Waals surface area (Å²) < 4.78 is 0. The van der Waals surface area contributed by atoms with E-state index in [2.05, 4.69) is 94.3 Å². The van der Waals surface area contributed by atoms with Crippen LogP contribution in [0.5, 0.6) is 0 Å². The molecule has 1 saturated heterocycles. The van der Waals surface area contributed by atoms with Gasteiger partial charge in [0.05, 0.1) is 0 Å². The predicted molar refractivity (Wildman–Crippen MR) is 202 cm³/mol. The molecule has 0 saturated carbocycles. The molecule has 1 atom stereocenters. The van der Waals surface area contributed by atoms with Crippen molar-refractivity contribution >= 4 is 23.9 Å². The normalized spacial score (nSPS) is 14.8. The second-order valence-electron chi connectivity index (χ2n) is 12.4. The Labute approximate surface area is 295 Å². The van der Waals surface area contributed by atoms with Gasteiger partial charge in [0, 0.05) is 44.2 Å². The SMILES string of the molecule is CCC=CCC=CCC=CCC=CCC=CCCCC(=O)NC(CCCCNC(=O)CC=Cc1ccc(CCN2CCCC2)nc1)C(=O)O. The largest absolute Gasteiger partial charge is 0.480 e. The van der Waals surface area contributed by atoms with Crippen LogP contribution >= 0.6 is 0 Å². The molecular weight excluding hydrogens is 612 g/mol. The van der Waals surface area contributed by atoms with Crippen molar-refractivity contribution in [1.29, 1.82) is 0 Å². The summed E-state index contributed by atoms with van der Waals surface area (Å²) in [4.78, 5) is 43.2. The summed E-state index contributed by atoms with van der Waals surface area (Å²) in [5, 5.41) is 15.1. The highest BCUT2D eigenvalue weighted by atomic mass is 16.4. The van der Waals surface area contributed by atoms with E-state index in [0.717, 1.165) is 62.7 Å². The summed E-state index contributed by atoms with van der Waals surface area (Å²) in [6, 6.07) is 3.17. The number of rotatable bonds is 26. The first-order chi connectivity index (χ1) is 24.0. The third-order valence-electron chi connectivity index (χ3n) is 8.15. The second-order valence-corrected chi connectivity index (χ2v) is 12.4. The molecule has 3 N–H and O–H groups in total. The molecule has 8 heteroatoms. The van der Waals surface area contributed by atoms with Crippen LogP contribution < -0.4 is 10.6 Å². The van der Waals surface area contributed by atoms with E-state index in [9.17, 15) is 19.5 Å². The first-order valence-corrected chi connectivity index (χ1v) is 18.4. The van der Waals surface area contributed by atoms with Crippen molar-refractivity contribution in [3.8, 4) is 0 Å². The van der Waals surface area contributed by atoms with E-state index >= 15 is 0 Å². The Bertz CT molecular complexity index is 1240. The van der Waals surface area contributed by atoms with Gasteiger partial charge >= 0.3 is 5.97 Å². The first-order valence-electron chi connectivity index (χ1n) is 18.4. The Morgan fingerprint density at radius 2 is 1.49 bits per heavy atom. The molecule has 0 radical (unpaired) electrons. The molecule has 1 aromatic rings. The van der Waals surface area contributed by atoms with E-state index in [1.807, 2.05) is 24.4 Å². The number of pyridine rings is 1. The third kappa shape index (κ3) is 22.3. The van der Waals surface area contributed by atoms with Gasteiger partial charge in [-0.05, 0) is 102 Å². The maximum absolute atomic E-state index is 12.3. The van der Waals surface area contributed by atoms with Gasteiger partial charge < -0.3 is 20.6 Å². The highest BCUT2D eigenvalue weighted by molar-refractivity contribution is 5.83. The van der Waals surface area contributed by atoms with Crippen molar-refractivity contribution < 1.29 is 19.5 Å². The molecule has 1 aliphatic heterocycles. The van der Waals surface area contributed by atoms with Gasteiger partial charge in [0.2, 0.25) is 11.8 Å². The highest BCUT2D eigenvalue weighted by Crippen LogP contribution is 2.10. The van der Waals surface area contributed by atoms with E-state index in [0.29, 0.717) is 38.6 Å². The number of hydrogen-bond donors (Lipinski definition) is 3. The number of aliphatic carboxylic acids is 1. The standard InChI is InChI=1S/C41H60N4O4/c1-2-3-4-5-6-7-8-9-10-11-12-13-14-15-16-17-18-26-40(47)44-38(41(48)49)25-19-20-31-42-39(46)27-23-24-36-28-29-37(43-35-36)30-34-45-32-21-22-33-45/h3-4,6-7,9-10,12-13,15-16,23-24,28-29,35,38H,2,5,8,11,14,17-22,25-27,30-34H2,1H3,(H,42,46)(H,44,47)(H,48,49). The van der Waals surface area contributed by atoms with Gasteiger partial charge in [0.1, 0.15) is 6.04 Å². The number of nitrogens with zero attached hydrogens (tertiary/aromatic N) is 2. The predicted octanol–water partition coefficient (Wildman–Crippen LogP) is 7.90. The Hall–Kier alpha value is -4.04. The quantitative estimate of drug-likeness (QED) is 0.0682. The van der Waals surface area contributed by atoms with Crippen LogP contribution in [0.4, 0.5) is 0 Å². The molecular formula is C41H60N4O4. The molecule has 1 fully saturated rings. The number of amides is 2. The third-order valence-corrected chi connectivity index (χ3v) is 8.15. The van der Waals surface area contributed by atoms with Crippen LogP contribution in [0.15, 0.2) is 85.2 Å². The molecule has 1 aliphatic rings. The molecule has 8 nitrogen and oxygen atoms in total. The number of likely N-dealkylation sites (tertiary alicyclic amines) is 1. The lowest BCUT2D eigenvalue weighted by molar-refractivity contribution is -0.142. The summed E-state index contributed by atoms with van der Waals surface area (Å²) in [5.41, 5.74) is 2.05. The van der Waals surface area contributed by atoms with Gasteiger partial charge in [-0.25, -0.2) is 4.79 Å². The molecule has 0 aliphatic carbocycles. The number of nitrogens with one attached hydrogen (secondary N) is 2. The molecule has 49 heavy (non-hydrogen) atoms. The average Bonchev–Trinajstić information content (AvgIpc) is 3.62. The fourth-order valence-electron chi connectivity index (χ4n) is 5.31. The number of carboxylic acid groups (broad SMARTS) is 1. The zero-order valence-corrected chi connectivity index (χ0v) is 29.7. The number of carbonyl (C=O) groups is 3. The Morgan fingerprint density at radius 1 is 0.837 bits per heavy atom. The Balaban J connectivity index is 1.48. The van der Waals surface area contributed by atoms with Crippen LogP contribution in [0.3, 0.4) is 0 Å². The van der Waals surface area contributed by atoms with Crippen molar-refractivity contribution in [3.63, 3.8) is 0 Å². The molecule has 2 amide bonds. The first kappa shape index (κ1) is 41.1. The molecule has 0 bridgehead atoms. The topological polar surface area (TPSA) is 112 Å². The lowest BCUT2D eigenvalue weighted by atomic mass is 10.1. The second kappa shape index (κ2) is 27.9. The zero-order chi connectivity index (χ0) is 35.2. The van der Waals surface area contributed by atoms with Crippen LogP contribution in [0.2, 0.25) is 0 Å². The highest BCUT2D eigenvalue weighted by Gasteiger charge is 2.19. The molecule has 2 heterocycles. The Kier molecular flexibility index (Phi) is 23.4. The van der Waals surface area contributed by atoms with Gasteiger partial charge in [-0.1, -0.05) is 85.9 Å². The van der Waals surface area contributed by atoms with Gasteiger partial charge in [-0.3, -0.25) is 14.6 Å². The summed E-state index contributed by atoms with van der Waals surface area (Å²) in [6.45, 7) is 6.05. The van der Waals surface area contributed by atoms with E-state index in [-0.39, 0.29) is 18.2 Å². The molecule has 2 rings (SSSR count). The van der Waals surface area contributed by atoms with Crippen molar-refractivity contribution in [2.24, 2.45) is 0 Å². The number of aromatic nitrogens is 1. The lowest BCUT2D eigenvalue weighted by Gasteiger charge is -2.14. The Morgan fingerprint density at radius 3 is 2.10 bits per heavy atom. The maximum Gasteiger partial charge on any atom is 0.326 e.